The molecule has 0 aliphatic heterocycles. The number of benzene rings is 1. The lowest BCUT2D eigenvalue weighted by Gasteiger charge is -2.05. The highest BCUT2D eigenvalue weighted by Crippen LogP contribution is 2.20. The number of aromatic nitrogens is 1. The Morgan fingerprint density at radius 1 is 1.41 bits per heavy atom. The number of esters is 1. The Labute approximate surface area is 105 Å². The van der Waals surface area contributed by atoms with E-state index in [-0.39, 0.29) is 5.97 Å². The van der Waals surface area contributed by atoms with Crippen LogP contribution in [0.25, 0.3) is 10.9 Å². The molecule has 0 saturated heterocycles. The van der Waals surface area contributed by atoms with E-state index in [4.69, 9.17) is 16.3 Å². The zero-order valence-corrected chi connectivity index (χ0v) is 10.5. The van der Waals surface area contributed by atoms with Gasteiger partial charge < -0.3 is 9.72 Å². The fourth-order valence-corrected chi connectivity index (χ4v) is 1.71. The van der Waals surface area contributed by atoms with Crippen molar-refractivity contribution in [2.45, 2.75) is 13.8 Å². The average molecular weight is 252 g/mol. The Morgan fingerprint density at radius 3 is 2.88 bits per heavy atom. The van der Waals surface area contributed by atoms with Gasteiger partial charge in [-0.15, -0.1) is 0 Å². The van der Waals surface area contributed by atoms with Gasteiger partial charge in [-0.25, -0.2) is 4.79 Å². The standard InChI is InChI=1S/C13H14ClNO2/c1-8(2)7-17-13(16)12-6-9-5-10(14)3-4-11(9)15-12/h3-6,8,15H,7H2,1-2H3. The predicted octanol–water partition coefficient (Wildman–Crippen LogP) is 3.63. The van der Waals surface area contributed by atoms with E-state index in [0.29, 0.717) is 23.2 Å². The summed E-state index contributed by atoms with van der Waals surface area (Å²) in [4.78, 5) is 14.7. The van der Waals surface area contributed by atoms with Gasteiger partial charge in [0.25, 0.3) is 0 Å². The molecule has 90 valence electrons. The van der Waals surface area contributed by atoms with Gasteiger partial charge >= 0.3 is 5.97 Å². The van der Waals surface area contributed by atoms with Crippen molar-refractivity contribution in [3.63, 3.8) is 0 Å². The van der Waals surface area contributed by atoms with Gasteiger partial charge in [0.15, 0.2) is 0 Å². The summed E-state index contributed by atoms with van der Waals surface area (Å²) in [5.74, 6) is 0.00351. The van der Waals surface area contributed by atoms with Gasteiger partial charge in [-0.1, -0.05) is 25.4 Å². The van der Waals surface area contributed by atoms with E-state index < -0.39 is 0 Å². The molecule has 0 aliphatic rings. The smallest absolute Gasteiger partial charge is 0.354 e. The number of ether oxygens (including phenoxy) is 1. The number of aromatic amines is 1. The Bertz CT molecular complexity index is 545. The molecule has 1 aromatic carbocycles. The lowest BCUT2D eigenvalue weighted by atomic mass is 10.2. The molecule has 0 bridgehead atoms. The number of hydrogen-bond acceptors (Lipinski definition) is 2. The first kappa shape index (κ1) is 12.0. The fourth-order valence-electron chi connectivity index (χ4n) is 1.53. The molecular formula is C13H14ClNO2. The number of halogens is 1. The van der Waals surface area contributed by atoms with Crippen LogP contribution in [0.1, 0.15) is 24.3 Å². The number of H-pyrrole nitrogens is 1. The van der Waals surface area contributed by atoms with Crippen LogP contribution in [0.5, 0.6) is 0 Å². The second-order valence-electron chi connectivity index (χ2n) is 4.41. The third kappa shape index (κ3) is 2.80. The third-order valence-corrected chi connectivity index (χ3v) is 2.59. The summed E-state index contributed by atoms with van der Waals surface area (Å²) >= 11 is 5.88. The molecule has 2 aromatic rings. The molecule has 3 nitrogen and oxygen atoms in total. The number of carbonyl (C=O) groups is 1. The maximum atomic E-state index is 11.7. The summed E-state index contributed by atoms with van der Waals surface area (Å²) < 4.78 is 5.15. The van der Waals surface area contributed by atoms with E-state index in [0.717, 1.165) is 10.9 Å². The van der Waals surface area contributed by atoms with Crippen molar-refractivity contribution in [1.29, 1.82) is 0 Å². The molecule has 1 N–H and O–H groups in total. The van der Waals surface area contributed by atoms with E-state index in [9.17, 15) is 4.79 Å². The van der Waals surface area contributed by atoms with Crippen molar-refractivity contribution in [1.82, 2.24) is 4.98 Å². The highest BCUT2D eigenvalue weighted by Gasteiger charge is 2.11. The first-order valence-electron chi connectivity index (χ1n) is 5.51. The molecule has 0 amide bonds. The van der Waals surface area contributed by atoms with E-state index in [1.165, 1.54) is 0 Å². The van der Waals surface area contributed by atoms with Crippen LogP contribution >= 0.6 is 11.6 Å². The number of nitrogens with one attached hydrogen (secondary N) is 1. The minimum absolute atomic E-state index is 0.328. The van der Waals surface area contributed by atoms with Crippen LogP contribution in [0.2, 0.25) is 5.02 Å². The summed E-state index contributed by atoms with van der Waals surface area (Å²) in [5.41, 5.74) is 1.34. The van der Waals surface area contributed by atoms with Crippen LogP contribution in [-0.2, 0) is 4.74 Å². The van der Waals surface area contributed by atoms with Gasteiger partial charge in [0.1, 0.15) is 5.69 Å². The maximum Gasteiger partial charge on any atom is 0.354 e. The SMILES string of the molecule is CC(C)COC(=O)c1cc2cc(Cl)ccc2[nH]1. The van der Waals surface area contributed by atoms with Crippen LogP contribution < -0.4 is 0 Å². The van der Waals surface area contributed by atoms with Crippen molar-refractivity contribution < 1.29 is 9.53 Å². The van der Waals surface area contributed by atoms with Crippen LogP contribution in [0.4, 0.5) is 0 Å². The van der Waals surface area contributed by atoms with Crippen LogP contribution in [0.3, 0.4) is 0 Å². The summed E-state index contributed by atoms with van der Waals surface area (Å²) in [7, 11) is 0. The zero-order chi connectivity index (χ0) is 12.4. The van der Waals surface area contributed by atoms with E-state index in [1.54, 1.807) is 12.1 Å². The normalized spacial score (nSPS) is 11.1. The summed E-state index contributed by atoms with van der Waals surface area (Å²) in [6, 6.07) is 7.19. The minimum Gasteiger partial charge on any atom is -0.461 e. The number of rotatable bonds is 3. The number of fused-ring (bicyclic) bond motifs is 1. The van der Waals surface area contributed by atoms with Crippen LogP contribution in [-0.4, -0.2) is 17.6 Å². The molecule has 17 heavy (non-hydrogen) atoms. The summed E-state index contributed by atoms with van der Waals surface area (Å²) in [6.07, 6.45) is 0. The third-order valence-electron chi connectivity index (χ3n) is 2.35. The molecule has 1 heterocycles. The van der Waals surface area contributed by atoms with Gasteiger partial charge in [-0.2, -0.15) is 0 Å². The molecule has 1 aromatic heterocycles. The molecule has 0 saturated carbocycles. The van der Waals surface area contributed by atoms with Gasteiger partial charge in [0.2, 0.25) is 0 Å². The molecule has 0 fully saturated rings. The van der Waals surface area contributed by atoms with Crippen molar-refractivity contribution in [3.05, 3.63) is 35.0 Å². The van der Waals surface area contributed by atoms with Crippen LogP contribution in [0, 0.1) is 5.92 Å². The van der Waals surface area contributed by atoms with Crippen LogP contribution in [0.15, 0.2) is 24.3 Å². The maximum absolute atomic E-state index is 11.7. The molecule has 2 rings (SSSR count). The monoisotopic (exact) mass is 251 g/mol. The number of carbonyl (C=O) groups excluding carboxylic acids is 1. The van der Waals surface area contributed by atoms with Gasteiger partial charge in [0, 0.05) is 15.9 Å². The Morgan fingerprint density at radius 2 is 2.18 bits per heavy atom. The quantitative estimate of drug-likeness (QED) is 0.847. The molecule has 0 unspecified atom stereocenters. The highest BCUT2D eigenvalue weighted by molar-refractivity contribution is 6.31. The van der Waals surface area contributed by atoms with Crippen molar-refractivity contribution >= 4 is 28.5 Å². The van der Waals surface area contributed by atoms with Gasteiger partial charge in [-0.3, -0.25) is 0 Å². The van der Waals surface area contributed by atoms with E-state index in [2.05, 4.69) is 4.98 Å². The molecule has 0 radical (unpaired) electrons. The van der Waals surface area contributed by atoms with E-state index >= 15 is 0 Å². The van der Waals surface area contributed by atoms with Crippen molar-refractivity contribution in [3.8, 4) is 0 Å². The number of hydrogen-bond donors (Lipinski definition) is 1. The molecular weight excluding hydrogens is 238 g/mol. The first-order valence-corrected chi connectivity index (χ1v) is 5.89. The molecule has 4 heteroatoms. The van der Waals surface area contributed by atoms with Crippen molar-refractivity contribution in [2.75, 3.05) is 6.61 Å². The van der Waals surface area contributed by atoms with E-state index in [1.807, 2.05) is 26.0 Å². The summed E-state index contributed by atoms with van der Waals surface area (Å²) in [5, 5.41) is 1.56. The fraction of sp³-hybridized carbons (Fsp3) is 0.308. The Balaban J connectivity index is 2.21. The molecule has 0 spiro atoms. The van der Waals surface area contributed by atoms with Gasteiger partial charge in [-0.05, 0) is 30.2 Å². The summed E-state index contributed by atoms with van der Waals surface area (Å²) in [6.45, 7) is 4.42. The minimum atomic E-state index is -0.328. The second kappa shape index (κ2) is 4.80. The van der Waals surface area contributed by atoms with Gasteiger partial charge in [0.05, 0.1) is 6.61 Å². The lowest BCUT2D eigenvalue weighted by Crippen LogP contribution is -2.10. The molecule has 0 atom stereocenters. The Hall–Kier alpha value is -1.48. The zero-order valence-electron chi connectivity index (χ0n) is 9.79. The lowest BCUT2D eigenvalue weighted by molar-refractivity contribution is 0.0453. The van der Waals surface area contributed by atoms with Crippen molar-refractivity contribution in [2.24, 2.45) is 5.92 Å². The molecule has 0 aliphatic carbocycles. The topological polar surface area (TPSA) is 42.1 Å². The Kier molecular flexibility index (Phi) is 3.38. The first-order chi connectivity index (χ1) is 8.06. The highest BCUT2D eigenvalue weighted by atomic mass is 35.5. The predicted molar refractivity (Wildman–Crippen MR) is 68.4 cm³/mol. The average Bonchev–Trinajstić information content (AvgIpc) is 2.68. The second-order valence-corrected chi connectivity index (χ2v) is 4.84. The largest absolute Gasteiger partial charge is 0.461 e.